The molecule has 2 heteroatoms. The van der Waals surface area contributed by atoms with Crippen LogP contribution in [0.2, 0.25) is 0 Å². The van der Waals surface area contributed by atoms with E-state index in [9.17, 15) is 4.39 Å². The molecule has 1 aliphatic rings. The van der Waals surface area contributed by atoms with Gasteiger partial charge in [-0.2, -0.15) is 0 Å². The molecule has 64 valence electrons. The quantitative estimate of drug-likeness (QED) is 0.670. The maximum atomic E-state index is 12.7. The van der Waals surface area contributed by atoms with Crippen LogP contribution in [-0.2, 0) is 12.8 Å². The predicted molar refractivity (Wildman–Crippen MR) is 44.4 cm³/mol. The van der Waals surface area contributed by atoms with Crippen LogP contribution in [0.25, 0.3) is 0 Å². The number of fused-ring (bicyclic) bond motifs is 1. The largest absolute Gasteiger partial charge is 0.396 e. The number of aliphatic hydroxyl groups is 1. The lowest BCUT2D eigenvalue weighted by Gasteiger charge is -2.00. The summed E-state index contributed by atoms with van der Waals surface area (Å²) >= 11 is 0. The number of aliphatic hydroxyl groups excluding tert-OH is 1. The standard InChI is InChI=1S/C10H11FO/c11-10-2-1-8-3-7(6-12)4-9(8)5-10/h1-2,5,7,12H,3-4,6H2. The Morgan fingerprint density at radius 2 is 2.08 bits per heavy atom. The molecule has 0 saturated heterocycles. The number of rotatable bonds is 1. The molecular formula is C10H11FO. The zero-order valence-electron chi connectivity index (χ0n) is 6.76. The van der Waals surface area contributed by atoms with Crippen molar-refractivity contribution in [3.05, 3.63) is 35.1 Å². The van der Waals surface area contributed by atoms with Crippen molar-refractivity contribution < 1.29 is 9.50 Å². The molecule has 12 heavy (non-hydrogen) atoms. The summed E-state index contributed by atoms with van der Waals surface area (Å²) < 4.78 is 12.7. The van der Waals surface area contributed by atoms with Crippen molar-refractivity contribution in [2.24, 2.45) is 5.92 Å². The van der Waals surface area contributed by atoms with E-state index in [0.29, 0.717) is 5.92 Å². The minimum atomic E-state index is -0.174. The average Bonchev–Trinajstić information content (AvgIpc) is 2.46. The molecule has 0 radical (unpaired) electrons. The minimum absolute atomic E-state index is 0.174. The van der Waals surface area contributed by atoms with Crippen LogP contribution >= 0.6 is 0 Å². The summed E-state index contributed by atoms with van der Waals surface area (Å²) in [7, 11) is 0. The van der Waals surface area contributed by atoms with Gasteiger partial charge in [-0.25, -0.2) is 4.39 Å². The van der Waals surface area contributed by atoms with Crippen molar-refractivity contribution in [1.29, 1.82) is 0 Å². The lowest BCUT2D eigenvalue weighted by atomic mass is 10.1. The van der Waals surface area contributed by atoms with Crippen molar-refractivity contribution in [2.75, 3.05) is 6.61 Å². The Morgan fingerprint density at radius 1 is 1.33 bits per heavy atom. The molecule has 1 N–H and O–H groups in total. The summed E-state index contributed by atoms with van der Waals surface area (Å²) in [6, 6.07) is 4.88. The molecule has 0 fully saturated rings. The zero-order chi connectivity index (χ0) is 8.55. The van der Waals surface area contributed by atoms with Crippen LogP contribution in [0.4, 0.5) is 4.39 Å². The Kier molecular flexibility index (Phi) is 1.85. The fraction of sp³-hybridized carbons (Fsp3) is 0.400. The topological polar surface area (TPSA) is 20.2 Å². The first-order chi connectivity index (χ1) is 5.79. The van der Waals surface area contributed by atoms with E-state index in [-0.39, 0.29) is 12.4 Å². The smallest absolute Gasteiger partial charge is 0.123 e. The van der Waals surface area contributed by atoms with E-state index in [1.54, 1.807) is 6.07 Å². The highest BCUT2D eigenvalue weighted by Crippen LogP contribution is 2.26. The molecule has 0 heterocycles. The van der Waals surface area contributed by atoms with Crippen molar-refractivity contribution in [3.63, 3.8) is 0 Å². The summed E-state index contributed by atoms with van der Waals surface area (Å²) in [5, 5.41) is 8.91. The molecule has 0 saturated carbocycles. The van der Waals surface area contributed by atoms with Crippen LogP contribution < -0.4 is 0 Å². The number of hydrogen-bond acceptors (Lipinski definition) is 1. The van der Waals surface area contributed by atoms with E-state index in [0.717, 1.165) is 18.4 Å². The molecule has 0 aromatic heterocycles. The van der Waals surface area contributed by atoms with Crippen molar-refractivity contribution in [1.82, 2.24) is 0 Å². The molecular weight excluding hydrogens is 155 g/mol. The predicted octanol–water partition coefficient (Wildman–Crippen LogP) is 1.53. The van der Waals surface area contributed by atoms with E-state index in [1.807, 2.05) is 6.07 Å². The lowest BCUT2D eigenvalue weighted by Crippen LogP contribution is -2.04. The Labute approximate surface area is 70.8 Å². The zero-order valence-corrected chi connectivity index (χ0v) is 6.76. The first-order valence-corrected chi connectivity index (χ1v) is 4.18. The van der Waals surface area contributed by atoms with Gasteiger partial charge in [-0.3, -0.25) is 0 Å². The highest BCUT2D eigenvalue weighted by molar-refractivity contribution is 5.32. The molecule has 1 aromatic carbocycles. The summed E-state index contributed by atoms with van der Waals surface area (Å²) in [6.45, 7) is 0.205. The van der Waals surface area contributed by atoms with Gasteiger partial charge in [0, 0.05) is 6.61 Å². The van der Waals surface area contributed by atoms with Crippen molar-refractivity contribution >= 4 is 0 Å². The third kappa shape index (κ3) is 1.23. The van der Waals surface area contributed by atoms with Crippen molar-refractivity contribution in [3.8, 4) is 0 Å². The molecule has 1 unspecified atom stereocenters. The van der Waals surface area contributed by atoms with Gasteiger partial charge in [-0.15, -0.1) is 0 Å². The van der Waals surface area contributed by atoms with Gasteiger partial charge in [-0.05, 0) is 42.0 Å². The van der Waals surface area contributed by atoms with E-state index in [1.165, 1.54) is 11.6 Å². The second kappa shape index (κ2) is 2.87. The molecule has 0 aliphatic heterocycles. The number of hydrogen-bond donors (Lipinski definition) is 1. The highest BCUT2D eigenvalue weighted by Gasteiger charge is 2.20. The third-order valence-electron chi connectivity index (χ3n) is 2.44. The summed E-state index contributed by atoms with van der Waals surface area (Å²) in [5.41, 5.74) is 2.25. The summed E-state index contributed by atoms with van der Waals surface area (Å²) in [5.74, 6) is 0.133. The van der Waals surface area contributed by atoms with E-state index in [4.69, 9.17) is 5.11 Å². The van der Waals surface area contributed by atoms with Gasteiger partial charge in [0.05, 0.1) is 0 Å². The van der Waals surface area contributed by atoms with Gasteiger partial charge in [0.2, 0.25) is 0 Å². The molecule has 0 amide bonds. The maximum Gasteiger partial charge on any atom is 0.123 e. The monoisotopic (exact) mass is 166 g/mol. The van der Waals surface area contributed by atoms with Gasteiger partial charge >= 0.3 is 0 Å². The van der Waals surface area contributed by atoms with E-state index >= 15 is 0 Å². The molecule has 1 nitrogen and oxygen atoms in total. The Morgan fingerprint density at radius 3 is 2.83 bits per heavy atom. The van der Waals surface area contributed by atoms with E-state index < -0.39 is 0 Å². The molecule has 1 aromatic rings. The van der Waals surface area contributed by atoms with Gasteiger partial charge < -0.3 is 5.11 Å². The summed E-state index contributed by atoms with van der Waals surface area (Å²) in [6.07, 6.45) is 1.72. The molecule has 1 aliphatic carbocycles. The van der Waals surface area contributed by atoms with Gasteiger partial charge in [0.25, 0.3) is 0 Å². The van der Waals surface area contributed by atoms with Crippen LogP contribution in [0.5, 0.6) is 0 Å². The molecule has 2 rings (SSSR count). The van der Waals surface area contributed by atoms with Crippen LogP contribution in [0.15, 0.2) is 18.2 Å². The average molecular weight is 166 g/mol. The molecule has 1 atom stereocenters. The van der Waals surface area contributed by atoms with Crippen LogP contribution in [-0.4, -0.2) is 11.7 Å². The molecule has 0 spiro atoms. The highest BCUT2D eigenvalue weighted by atomic mass is 19.1. The SMILES string of the molecule is OCC1Cc2ccc(F)cc2C1. The van der Waals surface area contributed by atoms with Gasteiger partial charge in [0.15, 0.2) is 0 Å². The fourth-order valence-corrected chi connectivity index (χ4v) is 1.81. The third-order valence-corrected chi connectivity index (χ3v) is 2.44. The van der Waals surface area contributed by atoms with Gasteiger partial charge in [-0.1, -0.05) is 6.07 Å². The fourth-order valence-electron chi connectivity index (χ4n) is 1.81. The van der Waals surface area contributed by atoms with Crippen LogP contribution in [0.3, 0.4) is 0 Å². The maximum absolute atomic E-state index is 12.7. The lowest BCUT2D eigenvalue weighted by molar-refractivity contribution is 0.232. The van der Waals surface area contributed by atoms with E-state index in [2.05, 4.69) is 0 Å². The Balaban J connectivity index is 2.30. The first-order valence-electron chi connectivity index (χ1n) is 4.18. The normalized spacial score (nSPS) is 21.0. The Hall–Kier alpha value is -0.890. The number of benzene rings is 1. The second-order valence-electron chi connectivity index (χ2n) is 3.37. The van der Waals surface area contributed by atoms with Crippen LogP contribution in [0, 0.1) is 11.7 Å². The minimum Gasteiger partial charge on any atom is -0.396 e. The summed E-state index contributed by atoms with van der Waals surface area (Å²) in [4.78, 5) is 0. The first kappa shape index (κ1) is 7.74. The Bertz CT molecular complexity index is 296. The van der Waals surface area contributed by atoms with Gasteiger partial charge in [0.1, 0.15) is 5.82 Å². The van der Waals surface area contributed by atoms with Crippen LogP contribution in [0.1, 0.15) is 11.1 Å². The molecule has 0 bridgehead atoms. The van der Waals surface area contributed by atoms with Crippen molar-refractivity contribution in [2.45, 2.75) is 12.8 Å². The number of halogens is 1. The second-order valence-corrected chi connectivity index (χ2v) is 3.37.